The second-order valence-electron chi connectivity index (χ2n) is 8.24. The standard InChI is InChI=1S/C22H24N6O2.C4H11N/c1-13-20(21(23)28(27-13)10-11-29)25-18-9-7-15(12-19(18)26-22(24)30)17-8-6-14-4-2-3-5-16(14)17;1-3-5-4-2/h2-9,12,15,17,29H,10-11,23H2,1H3,(H3,24,26,30);5H,3-4H2,1-2H3. The summed E-state index contributed by atoms with van der Waals surface area (Å²) in [6.45, 7) is 8.39. The predicted molar refractivity (Wildman–Crippen MR) is 141 cm³/mol. The zero-order valence-corrected chi connectivity index (χ0v) is 20.5. The van der Waals surface area contributed by atoms with Crippen molar-refractivity contribution in [3.8, 4) is 0 Å². The average Bonchev–Trinajstić information content (AvgIpc) is 3.37. The number of carbonyl (C=O) groups excluding carboxylic acids is 1. The van der Waals surface area contributed by atoms with E-state index in [0.29, 0.717) is 28.6 Å². The number of hydrogen-bond acceptors (Lipinski definition) is 6. The molecule has 0 saturated heterocycles. The highest BCUT2D eigenvalue weighted by molar-refractivity contribution is 6.12. The highest BCUT2D eigenvalue weighted by Gasteiger charge is 2.26. The van der Waals surface area contributed by atoms with Crippen molar-refractivity contribution in [2.45, 2.75) is 33.2 Å². The van der Waals surface area contributed by atoms with Gasteiger partial charge in [0.05, 0.1) is 30.3 Å². The first-order valence-electron chi connectivity index (χ1n) is 11.9. The lowest BCUT2D eigenvalue weighted by Gasteiger charge is -2.23. The molecule has 2 atom stereocenters. The topological polar surface area (TPSA) is 144 Å². The molecule has 186 valence electrons. The fraction of sp³-hybridized carbons (Fsp3) is 0.346. The molecular weight excluding hydrogens is 442 g/mol. The third-order valence-corrected chi connectivity index (χ3v) is 5.80. The van der Waals surface area contributed by atoms with Crippen LogP contribution in [0.15, 0.2) is 59.3 Å². The summed E-state index contributed by atoms with van der Waals surface area (Å²) in [5.74, 6) is 0.569. The van der Waals surface area contributed by atoms with Gasteiger partial charge in [0.15, 0.2) is 0 Å². The molecular formula is C26H35N7O2. The number of amides is 2. The normalized spacial score (nSPS) is 19.2. The van der Waals surface area contributed by atoms with E-state index in [1.54, 1.807) is 6.92 Å². The molecule has 2 unspecified atom stereocenters. The van der Waals surface area contributed by atoms with E-state index in [-0.39, 0.29) is 25.0 Å². The number of aliphatic hydroxyl groups is 1. The Balaban J connectivity index is 0.000000623. The molecule has 2 aromatic rings. The van der Waals surface area contributed by atoms with Crippen molar-refractivity contribution in [2.24, 2.45) is 16.6 Å². The van der Waals surface area contributed by atoms with Crippen molar-refractivity contribution in [1.29, 1.82) is 0 Å². The van der Waals surface area contributed by atoms with Gasteiger partial charge < -0.3 is 27.2 Å². The molecule has 9 nitrogen and oxygen atoms in total. The number of aromatic nitrogens is 2. The van der Waals surface area contributed by atoms with Gasteiger partial charge in [-0.2, -0.15) is 5.10 Å². The summed E-state index contributed by atoms with van der Waals surface area (Å²) >= 11 is 0. The molecule has 0 bridgehead atoms. The Bertz CT molecular complexity index is 1160. The molecule has 1 aromatic carbocycles. The number of nitrogens with zero attached hydrogens (tertiary/aromatic N) is 3. The van der Waals surface area contributed by atoms with E-state index >= 15 is 0 Å². The van der Waals surface area contributed by atoms with Gasteiger partial charge in [-0.15, -0.1) is 0 Å². The van der Waals surface area contributed by atoms with Crippen molar-refractivity contribution in [2.75, 3.05) is 25.4 Å². The summed E-state index contributed by atoms with van der Waals surface area (Å²) in [7, 11) is 0. The number of nitrogens with one attached hydrogen (secondary N) is 2. The SMILES string of the molecule is CCNCC.Cc1nn(CCO)c(N)c1N=C1C=CC(C2C=Cc3ccccc32)C=C1NC(N)=O. The molecule has 1 heterocycles. The lowest BCUT2D eigenvalue weighted by molar-refractivity contribution is 0.251. The number of nitrogens with two attached hydrogens (primary N) is 2. The zero-order chi connectivity index (χ0) is 25.4. The molecule has 7 N–H and O–H groups in total. The number of carbonyl (C=O) groups is 1. The van der Waals surface area contributed by atoms with Gasteiger partial charge in [-0.25, -0.2) is 14.5 Å². The number of aliphatic imine (C=N–C) groups is 1. The second kappa shape index (κ2) is 12.1. The largest absolute Gasteiger partial charge is 0.394 e. The van der Waals surface area contributed by atoms with Gasteiger partial charge in [0.25, 0.3) is 0 Å². The van der Waals surface area contributed by atoms with Gasteiger partial charge in [0.2, 0.25) is 0 Å². The Hall–Kier alpha value is -3.69. The van der Waals surface area contributed by atoms with E-state index in [1.165, 1.54) is 15.8 Å². The molecule has 0 saturated carbocycles. The Morgan fingerprint density at radius 3 is 2.60 bits per heavy atom. The van der Waals surface area contributed by atoms with E-state index in [0.717, 1.165) is 13.1 Å². The van der Waals surface area contributed by atoms with E-state index in [4.69, 9.17) is 11.5 Å². The van der Waals surface area contributed by atoms with E-state index in [1.807, 2.05) is 24.3 Å². The van der Waals surface area contributed by atoms with Crippen LogP contribution < -0.4 is 22.1 Å². The Morgan fingerprint density at radius 2 is 1.94 bits per heavy atom. The number of urea groups is 1. The fourth-order valence-corrected chi connectivity index (χ4v) is 4.16. The number of hydrogen-bond donors (Lipinski definition) is 5. The molecule has 1 aromatic heterocycles. The number of aliphatic hydroxyl groups excluding tert-OH is 1. The molecule has 2 amide bonds. The van der Waals surface area contributed by atoms with Gasteiger partial charge in [-0.1, -0.05) is 62.4 Å². The minimum absolute atomic E-state index is 0.0428. The van der Waals surface area contributed by atoms with E-state index in [9.17, 15) is 9.90 Å². The van der Waals surface area contributed by atoms with Gasteiger partial charge in [-0.3, -0.25) is 0 Å². The molecule has 0 radical (unpaired) electrons. The number of nitrogen functional groups attached to an aromatic ring is 1. The molecule has 0 spiro atoms. The number of primary amides is 1. The smallest absolute Gasteiger partial charge is 0.316 e. The monoisotopic (exact) mass is 477 g/mol. The third-order valence-electron chi connectivity index (χ3n) is 5.80. The van der Waals surface area contributed by atoms with Crippen LogP contribution in [0.1, 0.15) is 36.6 Å². The average molecular weight is 478 g/mol. The first-order valence-corrected chi connectivity index (χ1v) is 11.9. The highest BCUT2D eigenvalue weighted by Crippen LogP contribution is 2.38. The van der Waals surface area contributed by atoms with Crippen molar-refractivity contribution >= 4 is 29.3 Å². The first kappa shape index (κ1) is 25.9. The van der Waals surface area contributed by atoms with Gasteiger partial charge >= 0.3 is 6.03 Å². The Morgan fingerprint density at radius 1 is 1.20 bits per heavy atom. The minimum Gasteiger partial charge on any atom is -0.394 e. The van der Waals surface area contributed by atoms with Crippen molar-refractivity contribution in [3.63, 3.8) is 0 Å². The number of benzene rings is 1. The maximum Gasteiger partial charge on any atom is 0.316 e. The number of aryl methyl sites for hydroxylation is 1. The molecule has 2 aliphatic carbocycles. The quantitative estimate of drug-likeness (QED) is 0.416. The molecule has 9 heteroatoms. The Labute approximate surface area is 206 Å². The number of rotatable bonds is 7. The maximum atomic E-state index is 11.6. The summed E-state index contributed by atoms with van der Waals surface area (Å²) in [4.78, 5) is 16.3. The summed E-state index contributed by atoms with van der Waals surface area (Å²) in [5.41, 5.74) is 16.2. The number of fused-ring (bicyclic) bond motifs is 1. The van der Waals surface area contributed by atoms with Gasteiger partial charge in [-0.05, 0) is 37.2 Å². The number of allylic oxidation sites excluding steroid dienone is 4. The summed E-state index contributed by atoms with van der Waals surface area (Å²) in [5, 5.41) is 19.3. The lowest BCUT2D eigenvalue weighted by atomic mass is 9.84. The zero-order valence-electron chi connectivity index (χ0n) is 20.5. The highest BCUT2D eigenvalue weighted by atomic mass is 16.3. The van der Waals surface area contributed by atoms with Crippen molar-refractivity contribution in [1.82, 2.24) is 20.4 Å². The summed E-state index contributed by atoms with van der Waals surface area (Å²) in [6.07, 6.45) is 10.2. The molecule has 0 aliphatic heterocycles. The van der Waals surface area contributed by atoms with Crippen LogP contribution in [0, 0.1) is 12.8 Å². The predicted octanol–water partition coefficient (Wildman–Crippen LogP) is 3.00. The maximum absolute atomic E-state index is 11.6. The van der Waals surface area contributed by atoms with Crippen LogP contribution in [-0.2, 0) is 6.54 Å². The summed E-state index contributed by atoms with van der Waals surface area (Å²) < 4.78 is 1.51. The Kier molecular flexibility index (Phi) is 8.99. The fourth-order valence-electron chi connectivity index (χ4n) is 4.16. The van der Waals surface area contributed by atoms with Crippen LogP contribution >= 0.6 is 0 Å². The lowest BCUT2D eigenvalue weighted by Crippen LogP contribution is -2.33. The molecule has 35 heavy (non-hydrogen) atoms. The number of anilines is 1. The van der Waals surface area contributed by atoms with E-state index in [2.05, 4.69) is 64.9 Å². The van der Waals surface area contributed by atoms with E-state index < -0.39 is 6.03 Å². The van der Waals surface area contributed by atoms with Crippen LogP contribution in [0.25, 0.3) is 6.08 Å². The van der Waals surface area contributed by atoms with Crippen LogP contribution in [0.5, 0.6) is 0 Å². The van der Waals surface area contributed by atoms with Crippen LogP contribution in [0.2, 0.25) is 0 Å². The summed E-state index contributed by atoms with van der Waals surface area (Å²) in [6, 6.07) is 7.59. The first-order chi connectivity index (χ1) is 16.9. The molecule has 0 fully saturated rings. The second-order valence-corrected chi connectivity index (χ2v) is 8.24. The van der Waals surface area contributed by atoms with Crippen LogP contribution in [0.3, 0.4) is 0 Å². The third kappa shape index (κ3) is 6.26. The van der Waals surface area contributed by atoms with Crippen molar-refractivity contribution < 1.29 is 9.90 Å². The van der Waals surface area contributed by atoms with Gasteiger partial charge in [0.1, 0.15) is 11.5 Å². The van der Waals surface area contributed by atoms with Crippen LogP contribution in [0.4, 0.5) is 16.3 Å². The molecule has 4 rings (SSSR count). The van der Waals surface area contributed by atoms with Crippen molar-refractivity contribution in [3.05, 3.63) is 71.1 Å². The van der Waals surface area contributed by atoms with Crippen LogP contribution in [-0.4, -0.2) is 46.3 Å². The molecule has 2 aliphatic rings. The van der Waals surface area contributed by atoms with Gasteiger partial charge in [0, 0.05) is 11.8 Å². The minimum atomic E-state index is -0.661.